The van der Waals surface area contributed by atoms with Crippen LogP contribution in [0.4, 0.5) is 0 Å². The van der Waals surface area contributed by atoms with Crippen molar-refractivity contribution in [2.45, 2.75) is 45.6 Å². The van der Waals surface area contributed by atoms with Crippen LogP contribution in [0.3, 0.4) is 0 Å². The SMILES string of the molecule is CC(C)CNC1CCC(C(=O)O)CC1. The number of nitrogens with one attached hydrogen (secondary N) is 1. The fourth-order valence-corrected chi connectivity index (χ4v) is 1.95. The molecule has 1 fully saturated rings. The molecule has 0 aromatic rings. The summed E-state index contributed by atoms with van der Waals surface area (Å²) >= 11 is 0. The number of hydrogen-bond donors (Lipinski definition) is 2. The van der Waals surface area contributed by atoms with E-state index in [0.717, 1.165) is 32.2 Å². The highest BCUT2D eigenvalue weighted by Gasteiger charge is 2.25. The van der Waals surface area contributed by atoms with Crippen LogP contribution in [0.5, 0.6) is 0 Å². The third-order valence-electron chi connectivity index (χ3n) is 2.89. The van der Waals surface area contributed by atoms with Gasteiger partial charge in [0.25, 0.3) is 0 Å². The van der Waals surface area contributed by atoms with Gasteiger partial charge >= 0.3 is 5.97 Å². The number of carboxylic acid groups (broad SMARTS) is 1. The van der Waals surface area contributed by atoms with E-state index in [9.17, 15) is 4.79 Å². The lowest BCUT2D eigenvalue weighted by Gasteiger charge is -2.27. The van der Waals surface area contributed by atoms with Gasteiger partial charge in [0.2, 0.25) is 0 Å². The van der Waals surface area contributed by atoms with E-state index in [4.69, 9.17) is 5.11 Å². The summed E-state index contributed by atoms with van der Waals surface area (Å²) < 4.78 is 0. The zero-order valence-corrected chi connectivity index (χ0v) is 9.12. The van der Waals surface area contributed by atoms with Crippen LogP contribution >= 0.6 is 0 Å². The van der Waals surface area contributed by atoms with Gasteiger partial charge < -0.3 is 10.4 Å². The number of carboxylic acids is 1. The lowest BCUT2D eigenvalue weighted by atomic mass is 9.86. The molecule has 0 unspecified atom stereocenters. The Kier molecular flexibility index (Phi) is 4.39. The fraction of sp³-hybridized carbons (Fsp3) is 0.909. The van der Waals surface area contributed by atoms with Gasteiger partial charge in [0.1, 0.15) is 0 Å². The molecule has 1 aliphatic carbocycles. The quantitative estimate of drug-likeness (QED) is 0.726. The predicted molar refractivity (Wildman–Crippen MR) is 56.2 cm³/mol. The number of aliphatic carboxylic acids is 1. The lowest BCUT2D eigenvalue weighted by molar-refractivity contribution is -0.142. The average molecular weight is 199 g/mol. The summed E-state index contributed by atoms with van der Waals surface area (Å²) in [6, 6.07) is 0.549. The first-order chi connectivity index (χ1) is 6.59. The molecule has 3 heteroatoms. The second-order valence-electron chi connectivity index (χ2n) is 4.69. The van der Waals surface area contributed by atoms with E-state index < -0.39 is 5.97 Å². The standard InChI is InChI=1S/C11H21NO2/c1-8(2)7-12-10-5-3-9(4-6-10)11(13)14/h8-10,12H,3-7H2,1-2H3,(H,13,14). The van der Waals surface area contributed by atoms with Gasteiger partial charge in [0.15, 0.2) is 0 Å². The molecule has 3 nitrogen and oxygen atoms in total. The fourth-order valence-electron chi connectivity index (χ4n) is 1.95. The second kappa shape index (κ2) is 5.35. The number of rotatable bonds is 4. The van der Waals surface area contributed by atoms with Gasteiger partial charge in [-0.2, -0.15) is 0 Å². The summed E-state index contributed by atoms with van der Waals surface area (Å²) in [7, 11) is 0. The molecule has 0 atom stereocenters. The summed E-state index contributed by atoms with van der Waals surface area (Å²) in [5.74, 6) is -0.0355. The molecule has 82 valence electrons. The van der Waals surface area contributed by atoms with Crippen molar-refractivity contribution in [2.24, 2.45) is 11.8 Å². The topological polar surface area (TPSA) is 49.3 Å². The Hall–Kier alpha value is -0.570. The molecule has 14 heavy (non-hydrogen) atoms. The van der Waals surface area contributed by atoms with E-state index in [-0.39, 0.29) is 5.92 Å². The maximum atomic E-state index is 10.7. The van der Waals surface area contributed by atoms with Crippen molar-refractivity contribution in [2.75, 3.05) is 6.54 Å². The Labute approximate surface area is 85.9 Å². The molecule has 1 saturated carbocycles. The molecule has 0 spiro atoms. The first-order valence-corrected chi connectivity index (χ1v) is 5.55. The molecule has 1 aliphatic rings. The third kappa shape index (κ3) is 3.66. The highest BCUT2D eigenvalue weighted by molar-refractivity contribution is 5.70. The van der Waals surface area contributed by atoms with E-state index in [1.807, 2.05) is 0 Å². The Morgan fingerprint density at radius 1 is 1.36 bits per heavy atom. The molecule has 0 saturated heterocycles. The maximum absolute atomic E-state index is 10.7. The lowest BCUT2D eigenvalue weighted by Crippen LogP contribution is -2.36. The minimum absolute atomic E-state index is 0.0906. The van der Waals surface area contributed by atoms with Crippen molar-refractivity contribution in [3.05, 3.63) is 0 Å². The van der Waals surface area contributed by atoms with Gasteiger partial charge in [-0.05, 0) is 38.1 Å². The van der Waals surface area contributed by atoms with Crippen molar-refractivity contribution in [1.82, 2.24) is 5.32 Å². The molecular weight excluding hydrogens is 178 g/mol. The Morgan fingerprint density at radius 2 is 1.93 bits per heavy atom. The van der Waals surface area contributed by atoms with Crippen LogP contribution in [0.1, 0.15) is 39.5 Å². The summed E-state index contributed by atoms with van der Waals surface area (Å²) in [4.78, 5) is 10.7. The van der Waals surface area contributed by atoms with Crippen LogP contribution in [-0.2, 0) is 4.79 Å². The summed E-state index contributed by atoms with van der Waals surface area (Å²) in [5, 5.41) is 12.3. The van der Waals surface area contributed by atoms with Crippen molar-refractivity contribution >= 4 is 5.97 Å². The molecule has 0 amide bonds. The van der Waals surface area contributed by atoms with Gasteiger partial charge in [0, 0.05) is 6.04 Å². The summed E-state index contributed by atoms with van der Waals surface area (Å²) in [5.41, 5.74) is 0. The van der Waals surface area contributed by atoms with Gasteiger partial charge in [-0.1, -0.05) is 13.8 Å². The summed E-state index contributed by atoms with van der Waals surface area (Å²) in [6.45, 7) is 5.42. The first kappa shape index (κ1) is 11.5. The second-order valence-corrected chi connectivity index (χ2v) is 4.69. The van der Waals surface area contributed by atoms with E-state index >= 15 is 0 Å². The maximum Gasteiger partial charge on any atom is 0.306 e. The van der Waals surface area contributed by atoms with Gasteiger partial charge in [-0.15, -0.1) is 0 Å². The minimum Gasteiger partial charge on any atom is -0.481 e. The van der Waals surface area contributed by atoms with Crippen LogP contribution < -0.4 is 5.32 Å². The van der Waals surface area contributed by atoms with Crippen LogP contribution in [0, 0.1) is 11.8 Å². The predicted octanol–water partition coefficient (Wildman–Crippen LogP) is 1.88. The van der Waals surface area contributed by atoms with Crippen molar-refractivity contribution < 1.29 is 9.90 Å². The molecular formula is C11H21NO2. The Bertz CT molecular complexity index is 184. The van der Waals surface area contributed by atoms with Gasteiger partial charge in [-0.3, -0.25) is 4.79 Å². The minimum atomic E-state index is -0.618. The van der Waals surface area contributed by atoms with Crippen LogP contribution in [0.15, 0.2) is 0 Å². The molecule has 0 aromatic carbocycles. The highest BCUT2D eigenvalue weighted by Crippen LogP contribution is 2.24. The van der Waals surface area contributed by atoms with Crippen molar-refractivity contribution in [3.8, 4) is 0 Å². The molecule has 2 N–H and O–H groups in total. The molecule has 1 rings (SSSR count). The molecule has 0 bridgehead atoms. The normalized spacial score (nSPS) is 27.9. The number of carbonyl (C=O) groups is 1. The van der Waals surface area contributed by atoms with E-state index in [0.29, 0.717) is 12.0 Å². The Balaban J connectivity index is 2.19. The largest absolute Gasteiger partial charge is 0.481 e. The van der Waals surface area contributed by atoms with E-state index in [1.165, 1.54) is 0 Å². The van der Waals surface area contributed by atoms with Crippen molar-refractivity contribution in [1.29, 1.82) is 0 Å². The van der Waals surface area contributed by atoms with Gasteiger partial charge in [-0.25, -0.2) is 0 Å². The molecule has 0 aromatic heterocycles. The smallest absolute Gasteiger partial charge is 0.306 e. The highest BCUT2D eigenvalue weighted by atomic mass is 16.4. The van der Waals surface area contributed by atoms with E-state index in [1.54, 1.807) is 0 Å². The third-order valence-corrected chi connectivity index (χ3v) is 2.89. The summed E-state index contributed by atoms with van der Waals surface area (Å²) in [6.07, 6.45) is 3.71. The van der Waals surface area contributed by atoms with Crippen LogP contribution in [0.2, 0.25) is 0 Å². The first-order valence-electron chi connectivity index (χ1n) is 5.55. The van der Waals surface area contributed by atoms with Crippen molar-refractivity contribution in [3.63, 3.8) is 0 Å². The average Bonchev–Trinajstić information content (AvgIpc) is 2.15. The van der Waals surface area contributed by atoms with E-state index in [2.05, 4.69) is 19.2 Å². The van der Waals surface area contributed by atoms with Gasteiger partial charge in [0.05, 0.1) is 5.92 Å². The number of hydrogen-bond acceptors (Lipinski definition) is 2. The zero-order chi connectivity index (χ0) is 10.6. The molecule has 0 heterocycles. The Morgan fingerprint density at radius 3 is 2.36 bits per heavy atom. The van der Waals surface area contributed by atoms with Crippen LogP contribution in [0.25, 0.3) is 0 Å². The monoisotopic (exact) mass is 199 g/mol. The molecule has 0 radical (unpaired) electrons. The molecule has 0 aliphatic heterocycles. The van der Waals surface area contributed by atoms with Crippen LogP contribution in [-0.4, -0.2) is 23.7 Å². The zero-order valence-electron chi connectivity index (χ0n) is 9.12.